The molecule has 1 heterocycles. The van der Waals surface area contributed by atoms with Crippen LogP contribution in [0.2, 0.25) is 0 Å². The molecule has 0 saturated carbocycles. The van der Waals surface area contributed by atoms with Gasteiger partial charge in [0.15, 0.2) is 11.5 Å². The maximum Gasteiger partial charge on any atom is 0.232 e. The van der Waals surface area contributed by atoms with E-state index in [0.717, 1.165) is 10.6 Å². The highest BCUT2D eigenvalue weighted by molar-refractivity contribution is 7.92. The number of anilines is 2. The summed E-state index contributed by atoms with van der Waals surface area (Å²) in [7, 11) is -3.74. The highest BCUT2D eigenvalue weighted by Crippen LogP contribution is 2.32. The third kappa shape index (κ3) is 4.68. The number of ether oxygens (including phenoxy) is 2. The zero-order valence-corrected chi connectivity index (χ0v) is 15.5. The number of hydrogen-bond donors (Lipinski definition) is 1. The molecule has 0 aliphatic carbocycles. The molecule has 1 N–H and O–H groups in total. The van der Waals surface area contributed by atoms with Crippen LogP contribution in [0.5, 0.6) is 11.5 Å². The first kappa shape index (κ1) is 19.0. The van der Waals surface area contributed by atoms with Crippen LogP contribution in [-0.4, -0.2) is 40.3 Å². The Hall–Kier alpha value is -2.81. The van der Waals surface area contributed by atoms with Crippen LogP contribution in [0.15, 0.2) is 42.5 Å². The molecule has 2 aromatic carbocycles. The Labute approximate surface area is 156 Å². The van der Waals surface area contributed by atoms with E-state index in [4.69, 9.17) is 9.47 Å². The fourth-order valence-electron chi connectivity index (χ4n) is 2.67. The summed E-state index contributed by atoms with van der Waals surface area (Å²) in [5, 5.41) is 2.68. The Bertz CT molecular complexity index is 949. The highest BCUT2D eigenvalue weighted by Gasteiger charge is 2.21. The van der Waals surface area contributed by atoms with Crippen molar-refractivity contribution in [2.75, 3.05) is 35.6 Å². The molecule has 27 heavy (non-hydrogen) atoms. The van der Waals surface area contributed by atoms with Gasteiger partial charge in [-0.1, -0.05) is 12.1 Å². The van der Waals surface area contributed by atoms with Crippen LogP contribution in [0.4, 0.5) is 15.8 Å². The Morgan fingerprint density at radius 3 is 2.56 bits per heavy atom. The van der Waals surface area contributed by atoms with E-state index in [1.807, 2.05) is 0 Å². The van der Waals surface area contributed by atoms with Crippen LogP contribution in [0.1, 0.15) is 6.42 Å². The van der Waals surface area contributed by atoms with E-state index in [0.29, 0.717) is 30.4 Å². The Morgan fingerprint density at radius 1 is 1.15 bits per heavy atom. The molecule has 0 radical (unpaired) electrons. The minimum absolute atomic E-state index is 0.0906. The Balaban J connectivity index is 1.67. The number of nitrogens with zero attached hydrogens (tertiary/aromatic N) is 1. The molecule has 0 fully saturated rings. The van der Waals surface area contributed by atoms with Gasteiger partial charge in [0.25, 0.3) is 0 Å². The van der Waals surface area contributed by atoms with Gasteiger partial charge in [0.2, 0.25) is 15.9 Å². The molecule has 7 nitrogen and oxygen atoms in total. The summed E-state index contributed by atoms with van der Waals surface area (Å²) in [6.07, 6.45) is 0.827. The SMILES string of the molecule is CS(=O)(=O)N(CCC(=O)Nc1ccc2c(c1)OCCO2)c1ccccc1F. The molecule has 1 amide bonds. The predicted molar refractivity (Wildman–Crippen MR) is 99.3 cm³/mol. The number of halogens is 1. The van der Waals surface area contributed by atoms with Gasteiger partial charge in [-0.05, 0) is 24.3 Å². The molecule has 1 aliphatic rings. The first-order valence-corrected chi connectivity index (χ1v) is 10.1. The van der Waals surface area contributed by atoms with E-state index in [-0.39, 0.29) is 18.7 Å². The molecule has 0 bridgehead atoms. The van der Waals surface area contributed by atoms with E-state index < -0.39 is 21.7 Å². The van der Waals surface area contributed by atoms with E-state index >= 15 is 0 Å². The monoisotopic (exact) mass is 394 g/mol. The largest absolute Gasteiger partial charge is 0.486 e. The van der Waals surface area contributed by atoms with Crippen LogP contribution >= 0.6 is 0 Å². The number of carbonyl (C=O) groups is 1. The fraction of sp³-hybridized carbons (Fsp3) is 0.278. The predicted octanol–water partition coefficient (Wildman–Crippen LogP) is 2.39. The first-order valence-electron chi connectivity index (χ1n) is 8.26. The van der Waals surface area contributed by atoms with Crippen molar-refractivity contribution in [2.45, 2.75) is 6.42 Å². The molecular formula is C18H19FN2O5S. The van der Waals surface area contributed by atoms with E-state index in [9.17, 15) is 17.6 Å². The number of rotatable bonds is 6. The van der Waals surface area contributed by atoms with Gasteiger partial charge in [-0.25, -0.2) is 12.8 Å². The van der Waals surface area contributed by atoms with E-state index in [1.165, 1.54) is 24.3 Å². The zero-order valence-electron chi connectivity index (χ0n) is 14.6. The quantitative estimate of drug-likeness (QED) is 0.813. The lowest BCUT2D eigenvalue weighted by Crippen LogP contribution is -2.33. The van der Waals surface area contributed by atoms with Crippen molar-refractivity contribution < 1.29 is 27.1 Å². The third-order valence-corrected chi connectivity index (χ3v) is 5.07. The number of sulfonamides is 1. The molecule has 0 saturated heterocycles. The standard InChI is InChI=1S/C18H19FN2O5S/c1-27(23,24)21(15-5-3-2-4-14(15)19)9-8-18(22)20-13-6-7-16-17(12-13)26-11-10-25-16/h2-7,12H,8-11H2,1H3,(H,20,22). The summed E-state index contributed by atoms with van der Waals surface area (Å²) in [6.45, 7) is 0.711. The van der Waals surface area contributed by atoms with E-state index in [2.05, 4.69) is 5.32 Å². The number of fused-ring (bicyclic) bond motifs is 1. The van der Waals surface area contributed by atoms with Crippen molar-refractivity contribution in [1.29, 1.82) is 0 Å². The van der Waals surface area contributed by atoms with Crippen molar-refractivity contribution in [2.24, 2.45) is 0 Å². The second-order valence-corrected chi connectivity index (χ2v) is 7.85. The summed E-state index contributed by atoms with van der Waals surface area (Å²) in [5.74, 6) is 0.0528. The minimum Gasteiger partial charge on any atom is -0.486 e. The van der Waals surface area contributed by atoms with Gasteiger partial charge in [-0.15, -0.1) is 0 Å². The van der Waals surface area contributed by atoms with Crippen molar-refractivity contribution in [3.63, 3.8) is 0 Å². The second kappa shape index (κ2) is 7.83. The second-order valence-electron chi connectivity index (χ2n) is 5.94. The average Bonchev–Trinajstić information content (AvgIpc) is 2.62. The number of hydrogen-bond acceptors (Lipinski definition) is 5. The van der Waals surface area contributed by atoms with Crippen LogP contribution in [0, 0.1) is 5.82 Å². The summed E-state index contributed by atoms with van der Waals surface area (Å²) in [4.78, 5) is 12.2. The number of nitrogens with one attached hydrogen (secondary N) is 1. The van der Waals surface area contributed by atoms with Crippen LogP contribution in [-0.2, 0) is 14.8 Å². The zero-order chi connectivity index (χ0) is 19.4. The summed E-state index contributed by atoms with van der Waals surface area (Å²) in [5.41, 5.74) is 0.410. The number of amides is 1. The van der Waals surface area contributed by atoms with Gasteiger partial charge in [0.05, 0.1) is 11.9 Å². The van der Waals surface area contributed by atoms with Crippen molar-refractivity contribution in [3.8, 4) is 11.5 Å². The third-order valence-electron chi connectivity index (χ3n) is 3.89. The smallest absolute Gasteiger partial charge is 0.232 e. The maximum atomic E-state index is 14.0. The molecular weight excluding hydrogens is 375 g/mol. The average molecular weight is 394 g/mol. The first-order chi connectivity index (χ1) is 12.8. The van der Waals surface area contributed by atoms with Gasteiger partial charge in [-0.2, -0.15) is 0 Å². The molecule has 0 unspecified atom stereocenters. The molecule has 1 aliphatic heterocycles. The van der Waals surface area contributed by atoms with Crippen LogP contribution in [0.3, 0.4) is 0 Å². The highest BCUT2D eigenvalue weighted by atomic mass is 32.2. The normalized spacial score (nSPS) is 13.1. The van der Waals surface area contributed by atoms with E-state index in [1.54, 1.807) is 18.2 Å². The van der Waals surface area contributed by atoms with Gasteiger partial charge in [0.1, 0.15) is 19.0 Å². The molecule has 3 rings (SSSR count). The van der Waals surface area contributed by atoms with Crippen molar-refractivity contribution in [1.82, 2.24) is 0 Å². The summed E-state index contributed by atoms with van der Waals surface area (Å²) >= 11 is 0. The molecule has 2 aromatic rings. The van der Waals surface area contributed by atoms with Gasteiger partial charge in [-0.3, -0.25) is 9.10 Å². The molecule has 0 spiro atoms. The van der Waals surface area contributed by atoms with Crippen LogP contribution < -0.4 is 19.1 Å². The van der Waals surface area contributed by atoms with Gasteiger partial charge < -0.3 is 14.8 Å². The maximum absolute atomic E-state index is 14.0. The lowest BCUT2D eigenvalue weighted by atomic mass is 10.2. The lowest BCUT2D eigenvalue weighted by molar-refractivity contribution is -0.116. The summed E-state index contributed by atoms with van der Waals surface area (Å²) < 4.78 is 49.7. The molecule has 144 valence electrons. The Morgan fingerprint density at radius 2 is 1.85 bits per heavy atom. The van der Waals surface area contributed by atoms with Gasteiger partial charge in [0, 0.05) is 24.7 Å². The molecule has 0 aromatic heterocycles. The lowest BCUT2D eigenvalue weighted by Gasteiger charge is -2.22. The van der Waals surface area contributed by atoms with Crippen molar-refractivity contribution in [3.05, 3.63) is 48.3 Å². The Kier molecular flexibility index (Phi) is 5.50. The topological polar surface area (TPSA) is 84.9 Å². The number of carbonyl (C=O) groups excluding carboxylic acids is 1. The van der Waals surface area contributed by atoms with Gasteiger partial charge >= 0.3 is 0 Å². The molecule has 9 heteroatoms. The number of benzene rings is 2. The fourth-order valence-corrected chi connectivity index (χ4v) is 3.59. The molecule has 0 atom stereocenters. The minimum atomic E-state index is -3.74. The number of para-hydroxylation sites is 1. The van der Waals surface area contributed by atoms with Crippen LogP contribution in [0.25, 0.3) is 0 Å². The summed E-state index contributed by atoms with van der Waals surface area (Å²) in [6, 6.07) is 10.5. The van der Waals surface area contributed by atoms with Crippen molar-refractivity contribution >= 4 is 27.3 Å².